The van der Waals surface area contributed by atoms with Gasteiger partial charge in [-0.05, 0) is 18.1 Å². The number of pyridine rings is 1. The summed E-state index contributed by atoms with van der Waals surface area (Å²) in [6.07, 6.45) is 1.69. The van der Waals surface area contributed by atoms with Gasteiger partial charge in [-0.25, -0.2) is 0 Å². The van der Waals surface area contributed by atoms with Crippen molar-refractivity contribution in [1.82, 2.24) is 24.6 Å². The van der Waals surface area contributed by atoms with Gasteiger partial charge in [-0.3, -0.25) is 9.88 Å². The summed E-state index contributed by atoms with van der Waals surface area (Å²) < 4.78 is 7.77. The first-order valence-electron chi connectivity index (χ1n) is 7.77. The van der Waals surface area contributed by atoms with Crippen molar-refractivity contribution in [2.45, 2.75) is 32.4 Å². The molecule has 0 radical (unpaired) electrons. The molecule has 0 bridgehead atoms. The first kappa shape index (κ1) is 15.1. The molecule has 0 saturated carbocycles. The van der Waals surface area contributed by atoms with Crippen LogP contribution in [0.2, 0.25) is 0 Å². The van der Waals surface area contributed by atoms with Crippen LogP contribution in [-0.4, -0.2) is 44.3 Å². The minimum Gasteiger partial charge on any atom is -0.368 e. The topological polar surface area (TPSA) is 56.1 Å². The molecule has 3 heterocycles. The van der Waals surface area contributed by atoms with E-state index in [1.807, 2.05) is 11.6 Å². The van der Waals surface area contributed by atoms with E-state index >= 15 is 0 Å². The van der Waals surface area contributed by atoms with Crippen LogP contribution >= 0.6 is 0 Å². The van der Waals surface area contributed by atoms with E-state index in [4.69, 9.17) is 9.72 Å². The Kier molecular flexibility index (Phi) is 4.49. The first-order chi connectivity index (χ1) is 10.6. The molecular weight excluding hydrogens is 278 g/mol. The van der Waals surface area contributed by atoms with E-state index in [2.05, 4.69) is 47.1 Å². The fourth-order valence-corrected chi connectivity index (χ4v) is 2.72. The number of rotatable bonds is 4. The van der Waals surface area contributed by atoms with Crippen molar-refractivity contribution in [3.63, 3.8) is 0 Å². The van der Waals surface area contributed by atoms with E-state index < -0.39 is 0 Å². The van der Waals surface area contributed by atoms with Gasteiger partial charge in [-0.2, -0.15) is 0 Å². The normalized spacial score (nSPS) is 19.7. The molecule has 2 aromatic rings. The average Bonchev–Trinajstić information content (AvgIpc) is 2.94. The zero-order valence-electron chi connectivity index (χ0n) is 13.4. The molecule has 0 unspecified atom stereocenters. The van der Waals surface area contributed by atoms with Crippen LogP contribution in [0.3, 0.4) is 0 Å². The van der Waals surface area contributed by atoms with E-state index in [1.54, 1.807) is 6.33 Å². The second-order valence-corrected chi connectivity index (χ2v) is 6.10. The SMILES string of the molecule is CC(C)c1cccc(CN2CCO[C@H](c3nncn3C)C2)n1. The van der Waals surface area contributed by atoms with E-state index in [0.29, 0.717) is 12.5 Å². The van der Waals surface area contributed by atoms with Crippen LogP contribution in [-0.2, 0) is 18.3 Å². The number of ether oxygens (including phenoxy) is 1. The first-order valence-corrected chi connectivity index (χ1v) is 7.77. The van der Waals surface area contributed by atoms with Gasteiger partial charge in [0.05, 0.1) is 12.3 Å². The van der Waals surface area contributed by atoms with Gasteiger partial charge in [0.2, 0.25) is 0 Å². The third-order valence-electron chi connectivity index (χ3n) is 3.99. The highest BCUT2D eigenvalue weighted by Crippen LogP contribution is 2.21. The van der Waals surface area contributed by atoms with Crippen molar-refractivity contribution in [3.05, 3.63) is 41.7 Å². The van der Waals surface area contributed by atoms with Crippen LogP contribution in [0.25, 0.3) is 0 Å². The molecule has 2 aromatic heterocycles. The standard InChI is InChI=1S/C16H23N5O/c1-12(2)14-6-4-5-13(18-14)9-21-7-8-22-15(10-21)16-19-17-11-20(16)3/h4-6,11-12,15H,7-10H2,1-3H3/t15-/m0/s1. The maximum atomic E-state index is 5.85. The summed E-state index contributed by atoms with van der Waals surface area (Å²) in [6.45, 7) is 7.64. The highest BCUT2D eigenvalue weighted by molar-refractivity contribution is 5.14. The molecule has 6 heteroatoms. The molecule has 3 rings (SSSR count). The summed E-state index contributed by atoms with van der Waals surface area (Å²) in [7, 11) is 1.95. The molecule has 1 aliphatic rings. The van der Waals surface area contributed by atoms with Crippen LogP contribution < -0.4 is 0 Å². The lowest BCUT2D eigenvalue weighted by Gasteiger charge is -2.32. The minimum absolute atomic E-state index is 0.0190. The van der Waals surface area contributed by atoms with Gasteiger partial charge < -0.3 is 9.30 Å². The van der Waals surface area contributed by atoms with Crippen LogP contribution in [0.5, 0.6) is 0 Å². The van der Waals surface area contributed by atoms with Crippen LogP contribution in [0.1, 0.15) is 43.1 Å². The van der Waals surface area contributed by atoms with Crippen molar-refractivity contribution in [1.29, 1.82) is 0 Å². The van der Waals surface area contributed by atoms with Gasteiger partial charge in [0.25, 0.3) is 0 Å². The van der Waals surface area contributed by atoms with E-state index in [1.165, 1.54) is 0 Å². The third kappa shape index (κ3) is 3.34. The Morgan fingerprint density at radius 2 is 2.23 bits per heavy atom. The maximum absolute atomic E-state index is 5.85. The molecule has 1 atom stereocenters. The van der Waals surface area contributed by atoms with Crippen molar-refractivity contribution < 1.29 is 4.74 Å². The quantitative estimate of drug-likeness (QED) is 0.863. The monoisotopic (exact) mass is 301 g/mol. The molecule has 1 aliphatic heterocycles. The number of nitrogens with zero attached hydrogens (tertiary/aromatic N) is 5. The molecule has 0 N–H and O–H groups in total. The second-order valence-electron chi connectivity index (χ2n) is 6.10. The van der Waals surface area contributed by atoms with Crippen molar-refractivity contribution in [2.24, 2.45) is 7.05 Å². The van der Waals surface area contributed by atoms with Crippen molar-refractivity contribution in [2.75, 3.05) is 19.7 Å². The van der Waals surface area contributed by atoms with Gasteiger partial charge in [-0.1, -0.05) is 19.9 Å². The zero-order chi connectivity index (χ0) is 15.5. The molecule has 0 aliphatic carbocycles. The number of morpholine rings is 1. The highest BCUT2D eigenvalue weighted by atomic mass is 16.5. The Hall–Kier alpha value is -1.79. The minimum atomic E-state index is -0.0190. The van der Waals surface area contributed by atoms with Gasteiger partial charge in [0.15, 0.2) is 5.82 Å². The summed E-state index contributed by atoms with van der Waals surface area (Å²) >= 11 is 0. The van der Waals surface area contributed by atoms with Crippen molar-refractivity contribution >= 4 is 0 Å². The summed E-state index contributed by atoms with van der Waals surface area (Å²) in [6, 6.07) is 6.28. The molecule has 0 aromatic carbocycles. The van der Waals surface area contributed by atoms with Gasteiger partial charge in [0.1, 0.15) is 12.4 Å². The van der Waals surface area contributed by atoms with Gasteiger partial charge in [0, 0.05) is 32.4 Å². The summed E-state index contributed by atoms with van der Waals surface area (Å²) in [5, 5.41) is 8.10. The molecule has 1 fully saturated rings. The summed E-state index contributed by atoms with van der Waals surface area (Å²) in [4.78, 5) is 7.13. The molecule has 6 nitrogen and oxygen atoms in total. The van der Waals surface area contributed by atoms with E-state index in [-0.39, 0.29) is 6.10 Å². The number of aromatic nitrogens is 4. The molecule has 22 heavy (non-hydrogen) atoms. The Morgan fingerprint density at radius 1 is 1.36 bits per heavy atom. The van der Waals surface area contributed by atoms with Crippen molar-refractivity contribution in [3.8, 4) is 0 Å². The Bertz CT molecular complexity index is 625. The molecule has 0 amide bonds. The largest absolute Gasteiger partial charge is 0.368 e. The lowest BCUT2D eigenvalue weighted by atomic mass is 10.1. The lowest BCUT2D eigenvalue weighted by Crippen LogP contribution is -2.38. The maximum Gasteiger partial charge on any atom is 0.163 e. The summed E-state index contributed by atoms with van der Waals surface area (Å²) in [5.41, 5.74) is 2.26. The fourth-order valence-electron chi connectivity index (χ4n) is 2.72. The zero-order valence-corrected chi connectivity index (χ0v) is 13.4. The Labute approximate surface area is 131 Å². The number of hydrogen-bond donors (Lipinski definition) is 0. The molecule has 1 saturated heterocycles. The van der Waals surface area contributed by atoms with E-state index in [9.17, 15) is 0 Å². The van der Waals surface area contributed by atoms with Crippen LogP contribution in [0, 0.1) is 0 Å². The van der Waals surface area contributed by atoms with E-state index in [0.717, 1.165) is 36.8 Å². The Balaban J connectivity index is 1.68. The third-order valence-corrected chi connectivity index (χ3v) is 3.99. The molecular formula is C16H23N5O. The lowest BCUT2D eigenvalue weighted by molar-refractivity contribution is -0.0389. The second kappa shape index (κ2) is 6.54. The molecule has 0 spiro atoms. The average molecular weight is 301 g/mol. The number of aryl methyl sites for hydroxylation is 1. The Morgan fingerprint density at radius 3 is 2.95 bits per heavy atom. The molecule has 118 valence electrons. The highest BCUT2D eigenvalue weighted by Gasteiger charge is 2.25. The van der Waals surface area contributed by atoms with Gasteiger partial charge in [-0.15, -0.1) is 10.2 Å². The van der Waals surface area contributed by atoms with Gasteiger partial charge >= 0.3 is 0 Å². The van der Waals surface area contributed by atoms with Crippen LogP contribution in [0.15, 0.2) is 24.5 Å². The van der Waals surface area contributed by atoms with Crippen LogP contribution in [0.4, 0.5) is 0 Å². The number of hydrogen-bond acceptors (Lipinski definition) is 5. The fraction of sp³-hybridized carbons (Fsp3) is 0.562. The predicted molar refractivity (Wildman–Crippen MR) is 83.3 cm³/mol. The predicted octanol–water partition coefficient (Wildman–Crippen LogP) is 1.91. The summed E-state index contributed by atoms with van der Waals surface area (Å²) in [5.74, 6) is 1.34. The smallest absolute Gasteiger partial charge is 0.163 e.